The van der Waals surface area contributed by atoms with Gasteiger partial charge in [-0.1, -0.05) is 36.9 Å². The third kappa shape index (κ3) is 3.24. The van der Waals surface area contributed by atoms with E-state index in [1.165, 1.54) is 6.07 Å². The van der Waals surface area contributed by atoms with Gasteiger partial charge >= 0.3 is 0 Å². The molecular formula is C23H18FN7. The standard InChI is InChI=1S/C23H18FN7/c1-3-6-16(15-7-4-5-8-17(15)24)20-13(2)27-23(29-20)22-21-19(30-31-22)10-9-18(28-21)14-11-25-26-12-14/h3-12H,1H2,2H3,(H,25,26)(H,27,29)(H,30,31)/b16-6-. The maximum Gasteiger partial charge on any atom is 0.161 e. The van der Waals surface area contributed by atoms with Crippen molar-refractivity contribution in [3.8, 4) is 22.8 Å². The monoisotopic (exact) mass is 411 g/mol. The molecule has 0 aliphatic rings. The van der Waals surface area contributed by atoms with E-state index < -0.39 is 0 Å². The molecule has 0 amide bonds. The highest BCUT2D eigenvalue weighted by Gasteiger charge is 2.20. The summed E-state index contributed by atoms with van der Waals surface area (Å²) in [6.07, 6.45) is 6.87. The summed E-state index contributed by atoms with van der Waals surface area (Å²) in [7, 11) is 0. The van der Waals surface area contributed by atoms with Crippen LogP contribution in [0.25, 0.3) is 39.4 Å². The first kappa shape index (κ1) is 18.7. The molecule has 0 aliphatic carbocycles. The number of aromatic nitrogens is 7. The zero-order valence-corrected chi connectivity index (χ0v) is 16.6. The second kappa shape index (κ2) is 7.49. The van der Waals surface area contributed by atoms with Gasteiger partial charge in [0.25, 0.3) is 0 Å². The first-order chi connectivity index (χ1) is 15.2. The highest BCUT2D eigenvalue weighted by Crippen LogP contribution is 2.31. The molecule has 31 heavy (non-hydrogen) atoms. The minimum Gasteiger partial charge on any atom is -0.340 e. The van der Waals surface area contributed by atoms with Gasteiger partial charge in [-0.2, -0.15) is 10.2 Å². The molecular weight excluding hydrogens is 393 g/mol. The van der Waals surface area contributed by atoms with Crippen LogP contribution in [0.2, 0.25) is 0 Å². The molecule has 8 heteroatoms. The van der Waals surface area contributed by atoms with Crippen molar-refractivity contribution >= 4 is 16.6 Å². The van der Waals surface area contributed by atoms with Gasteiger partial charge in [-0.05, 0) is 25.1 Å². The summed E-state index contributed by atoms with van der Waals surface area (Å²) in [5, 5.41) is 14.2. The van der Waals surface area contributed by atoms with E-state index in [1.807, 2.05) is 19.1 Å². The van der Waals surface area contributed by atoms with Crippen LogP contribution in [-0.2, 0) is 0 Å². The minimum atomic E-state index is -0.323. The molecule has 3 N–H and O–H groups in total. The summed E-state index contributed by atoms with van der Waals surface area (Å²) in [4.78, 5) is 12.8. The number of aromatic amines is 3. The summed E-state index contributed by atoms with van der Waals surface area (Å²) in [6.45, 7) is 5.66. The van der Waals surface area contributed by atoms with Crippen LogP contribution in [0.15, 0.2) is 67.5 Å². The molecule has 0 unspecified atom stereocenters. The lowest BCUT2D eigenvalue weighted by atomic mass is 10.0. The number of aryl methyl sites for hydroxylation is 1. The van der Waals surface area contributed by atoms with Crippen LogP contribution in [0, 0.1) is 12.7 Å². The van der Waals surface area contributed by atoms with Crippen molar-refractivity contribution in [2.45, 2.75) is 6.92 Å². The molecule has 0 spiro atoms. The second-order valence-electron chi connectivity index (χ2n) is 7.01. The number of imidazole rings is 1. The smallest absolute Gasteiger partial charge is 0.161 e. The summed E-state index contributed by atoms with van der Waals surface area (Å²) in [6, 6.07) is 10.4. The number of halogens is 1. The topological polar surface area (TPSA) is 98.9 Å². The maximum absolute atomic E-state index is 14.5. The normalized spacial score (nSPS) is 11.9. The number of hydrogen-bond acceptors (Lipinski definition) is 4. The quantitative estimate of drug-likeness (QED) is 0.362. The first-order valence-electron chi connectivity index (χ1n) is 9.65. The van der Waals surface area contributed by atoms with Gasteiger partial charge in [0, 0.05) is 28.6 Å². The molecule has 0 radical (unpaired) electrons. The predicted molar refractivity (Wildman–Crippen MR) is 117 cm³/mol. The van der Waals surface area contributed by atoms with Gasteiger partial charge in [0.2, 0.25) is 0 Å². The molecule has 0 saturated carbocycles. The van der Waals surface area contributed by atoms with Gasteiger partial charge in [-0.3, -0.25) is 10.2 Å². The number of nitrogens with one attached hydrogen (secondary N) is 3. The Bertz CT molecular complexity index is 1420. The van der Waals surface area contributed by atoms with Gasteiger partial charge in [-0.25, -0.2) is 14.4 Å². The first-order valence-corrected chi connectivity index (χ1v) is 9.65. The van der Waals surface area contributed by atoms with E-state index in [1.54, 1.807) is 42.7 Å². The Morgan fingerprint density at radius 1 is 1.13 bits per heavy atom. The SMILES string of the molecule is C=C/C=C(/c1ccccc1F)c1nc(-c2n[nH]c3ccc(-c4cn[nH]c4)nc23)[nH]c1C. The number of pyridine rings is 1. The van der Waals surface area contributed by atoms with E-state index in [0.717, 1.165) is 22.5 Å². The zero-order valence-electron chi connectivity index (χ0n) is 16.6. The third-order valence-corrected chi connectivity index (χ3v) is 5.01. The van der Waals surface area contributed by atoms with Crippen molar-refractivity contribution in [2.24, 2.45) is 0 Å². The summed E-state index contributed by atoms with van der Waals surface area (Å²) in [5.41, 5.74) is 6.20. The minimum absolute atomic E-state index is 0.323. The van der Waals surface area contributed by atoms with Crippen LogP contribution < -0.4 is 0 Å². The van der Waals surface area contributed by atoms with Crippen LogP contribution in [0.4, 0.5) is 4.39 Å². The molecule has 7 nitrogen and oxygen atoms in total. The van der Waals surface area contributed by atoms with Crippen molar-refractivity contribution in [1.82, 2.24) is 35.3 Å². The molecule has 4 heterocycles. The Morgan fingerprint density at radius 3 is 2.77 bits per heavy atom. The van der Waals surface area contributed by atoms with Crippen molar-refractivity contribution in [3.63, 3.8) is 0 Å². The molecule has 0 saturated heterocycles. The van der Waals surface area contributed by atoms with Crippen molar-refractivity contribution < 1.29 is 4.39 Å². The van der Waals surface area contributed by atoms with E-state index in [0.29, 0.717) is 33.9 Å². The molecule has 5 rings (SSSR count). The Balaban J connectivity index is 1.63. The van der Waals surface area contributed by atoms with E-state index in [-0.39, 0.29) is 5.82 Å². The van der Waals surface area contributed by atoms with Crippen LogP contribution >= 0.6 is 0 Å². The largest absolute Gasteiger partial charge is 0.340 e. The highest BCUT2D eigenvalue weighted by molar-refractivity contribution is 5.90. The Labute approximate surface area is 176 Å². The Hall–Kier alpha value is -4.33. The number of H-pyrrole nitrogens is 3. The molecule has 1 aromatic carbocycles. The summed E-state index contributed by atoms with van der Waals surface area (Å²) < 4.78 is 14.5. The second-order valence-corrected chi connectivity index (χ2v) is 7.01. The third-order valence-electron chi connectivity index (χ3n) is 5.01. The van der Waals surface area contributed by atoms with E-state index >= 15 is 0 Å². The lowest BCUT2D eigenvalue weighted by Gasteiger charge is -2.07. The highest BCUT2D eigenvalue weighted by atomic mass is 19.1. The predicted octanol–water partition coefficient (Wildman–Crippen LogP) is 4.80. The molecule has 0 bridgehead atoms. The number of benzene rings is 1. The number of allylic oxidation sites excluding steroid dienone is 2. The van der Waals surface area contributed by atoms with Crippen LogP contribution in [-0.4, -0.2) is 35.3 Å². The fourth-order valence-electron chi connectivity index (χ4n) is 3.54. The lowest BCUT2D eigenvalue weighted by molar-refractivity contribution is 0.624. The number of hydrogen-bond donors (Lipinski definition) is 3. The number of fused-ring (bicyclic) bond motifs is 1. The van der Waals surface area contributed by atoms with Gasteiger partial charge < -0.3 is 4.98 Å². The molecule has 5 aromatic rings. The molecule has 0 aliphatic heterocycles. The maximum atomic E-state index is 14.5. The van der Waals surface area contributed by atoms with E-state index in [2.05, 4.69) is 32.0 Å². The number of nitrogens with zero attached hydrogens (tertiary/aromatic N) is 4. The molecule has 0 fully saturated rings. The molecule has 0 atom stereocenters. The van der Waals surface area contributed by atoms with Crippen LogP contribution in [0.5, 0.6) is 0 Å². The Morgan fingerprint density at radius 2 is 2.00 bits per heavy atom. The molecule has 152 valence electrons. The Kier molecular flexibility index (Phi) is 4.51. The van der Waals surface area contributed by atoms with Gasteiger partial charge in [-0.15, -0.1) is 0 Å². The van der Waals surface area contributed by atoms with Gasteiger partial charge in [0.05, 0.1) is 23.1 Å². The zero-order chi connectivity index (χ0) is 21.4. The van der Waals surface area contributed by atoms with E-state index in [9.17, 15) is 4.39 Å². The van der Waals surface area contributed by atoms with Crippen LogP contribution in [0.1, 0.15) is 17.0 Å². The summed E-state index contributed by atoms with van der Waals surface area (Å²) >= 11 is 0. The number of rotatable bonds is 5. The average Bonchev–Trinajstić information content (AvgIpc) is 3.52. The summed E-state index contributed by atoms with van der Waals surface area (Å²) in [5.74, 6) is 0.220. The van der Waals surface area contributed by atoms with Crippen molar-refractivity contribution in [3.05, 3.63) is 90.3 Å². The van der Waals surface area contributed by atoms with Crippen molar-refractivity contribution in [1.29, 1.82) is 0 Å². The average molecular weight is 411 g/mol. The van der Waals surface area contributed by atoms with Crippen molar-refractivity contribution in [2.75, 3.05) is 0 Å². The fourth-order valence-corrected chi connectivity index (χ4v) is 3.54. The van der Waals surface area contributed by atoms with Gasteiger partial charge in [0.1, 0.15) is 11.3 Å². The van der Waals surface area contributed by atoms with E-state index in [4.69, 9.17) is 9.97 Å². The fraction of sp³-hybridized carbons (Fsp3) is 0.0435. The molecule has 4 aromatic heterocycles. The van der Waals surface area contributed by atoms with Gasteiger partial charge in [0.15, 0.2) is 11.5 Å². The lowest BCUT2D eigenvalue weighted by Crippen LogP contribution is -1.94. The van der Waals surface area contributed by atoms with Crippen LogP contribution in [0.3, 0.4) is 0 Å².